The molecular weight excluding hydrogens is 218 g/mol. The fourth-order valence-electron chi connectivity index (χ4n) is 2.73. The topological polar surface area (TPSA) is 3.88 Å². The van der Waals surface area contributed by atoms with E-state index in [2.05, 4.69) is 68.1 Å². The van der Waals surface area contributed by atoms with Crippen LogP contribution in [0.4, 0.5) is 0 Å². The van der Waals surface area contributed by atoms with E-state index < -0.39 is 0 Å². The van der Waals surface area contributed by atoms with E-state index in [9.17, 15) is 0 Å². The van der Waals surface area contributed by atoms with Crippen LogP contribution in [-0.2, 0) is 7.05 Å². The molecule has 1 aromatic carbocycles. The lowest BCUT2D eigenvalue weighted by molar-refractivity contribution is -0.679. The fourth-order valence-corrected chi connectivity index (χ4v) is 2.73. The van der Waals surface area contributed by atoms with Gasteiger partial charge in [-0.15, -0.1) is 0 Å². The Morgan fingerprint density at radius 2 is 1.89 bits per heavy atom. The number of hydrogen-bond donors (Lipinski definition) is 0. The van der Waals surface area contributed by atoms with Gasteiger partial charge >= 0.3 is 0 Å². The molecule has 1 aliphatic rings. The Labute approximate surface area is 109 Å². The summed E-state index contributed by atoms with van der Waals surface area (Å²) in [7, 11) is 2.17. The first kappa shape index (κ1) is 11.5. The van der Waals surface area contributed by atoms with Gasteiger partial charge in [-0.25, -0.2) is 4.57 Å². The predicted octanol–water partition coefficient (Wildman–Crippen LogP) is 3.61. The number of rotatable bonds is 2. The molecule has 2 unspecified atom stereocenters. The van der Waals surface area contributed by atoms with Crippen molar-refractivity contribution in [3.63, 3.8) is 0 Å². The summed E-state index contributed by atoms with van der Waals surface area (Å²) < 4.78 is 2.30. The molecule has 1 aliphatic carbocycles. The first-order valence-electron chi connectivity index (χ1n) is 6.72. The van der Waals surface area contributed by atoms with Crippen molar-refractivity contribution in [3.8, 4) is 11.1 Å². The van der Waals surface area contributed by atoms with Crippen molar-refractivity contribution in [3.05, 3.63) is 53.9 Å². The molecule has 2 atom stereocenters. The minimum Gasteiger partial charge on any atom is -0.204 e. The average molecular weight is 238 g/mol. The van der Waals surface area contributed by atoms with Crippen molar-refractivity contribution in [2.45, 2.75) is 26.2 Å². The molecule has 0 bridgehead atoms. The molecular formula is C17H20N+. The molecule has 0 N–H and O–H groups in total. The smallest absolute Gasteiger partial charge is 0.184 e. The molecule has 1 aromatic heterocycles. The van der Waals surface area contributed by atoms with Gasteiger partial charge in [0.15, 0.2) is 11.9 Å². The summed E-state index contributed by atoms with van der Waals surface area (Å²) in [6.45, 7) is 4.48. The summed E-state index contributed by atoms with van der Waals surface area (Å²) in [6, 6.07) is 13.3. The van der Waals surface area contributed by atoms with Crippen LogP contribution in [0.5, 0.6) is 0 Å². The van der Waals surface area contributed by atoms with Crippen LogP contribution in [0.25, 0.3) is 11.1 Å². The lowest BCUT2D eigenvalue weighted by atomic mass is 10.0. The van der Waals surface area contributed by atoms with Crippen molar-refractivity contribution in [1.29, 1.82) is 0 Å². The maximum absolute atomic E-state index is 2.33. The third kappa shape index (κ3) is 2.05. The maximum atomic E-state index is 2.33. The monoisotopic (exact) mass is 238 g/mol. The molecule has 0 spiro atoms. The van der Waals surface area contributed by atoms with Crippen LogP contribution >= 0.6 is 0 Å². The van der Waals surface area contributed by atoms with Crippen LogP contribution in [0.1, 0.15) is 30.5 Å². The van der Waals surface area contributed by atoms with Crippen LogP contribution in [0.3, 0.4) is 0 Å². The summed E-state index contributed by atoms with van der Waals surface area (Å²) in [5.74, 6) is 1.64. The van der Waals surface area contributed by atoms with Gasteiger partial charge in [-0.05, 0) is 30.9 Å². The van der Waals surface area contributed by atoms with Gasteiger partial charge in [0.25, 0.3) is 0 Å². The van der Waals surface area contributed by atoms with Gasteiger partial charge in [0.05, 0.1) is 0 Å². The predicted molar refractivity (Wildman–Crippen MR) is 74.3 cm³/mol. The molecule has 0 radical (unpaired) electrons. The van der Waals surface area contributed by atoms with Crippen LogP contribution in [-0.4, -0.2) is 0 Å². The zero-order chi connectivity index (χ0) is 12.7. The standard InChI is InChI=1S/C17H20N/c1-12-5-4-6-14(9-12)15-7-8-17(18(3)11-15)16-10-13(16)2/h4-9,11,13,16H,10H2,1-3H3/q+1. The number of nitrogens with zero attached hydrogens (tertiary/aromatic N) is 1. The average Bonchev–Trinajstić information content (AvgIpc) is 3.06. The summed E-state index contributed by atoms with van der Waals surface area (Å²) in [5, 5.41) is 0. The third-order valence-electron chi connectivity index (χ3n) is 4.01. The highest BCUT2D eigenvalue weighted by atomic mass is 14.9. The summed E-state index contributed by atoms with van der Waals surface area (Å²) in [6.07, 6.45) is 3.60. The maximum Gasteiger partial charge on any atom is 0.184 e. The zero-order valence-corrected chi connectivity index (χ0v) is 11.4. The Kier molecular flexibility index (Phi) is 2.70. The molecule has 1 heterocycles. The van der Waals surface area contributed by atoms with E-state index in [-0.39, 0.29) is 0 Å². The number of hydrogen-bond acceptors (Lipinski definition) is 0. The van der Waals surface area contributed by atoms with Gasteiger partial charge in [-0.1, -0.05) is 36.8 Å². The third-order valence-corrected chi connectivity index (χ3v) is 4.01. The van der Waals surface area contributed by atoms with E-state index in [1.54, 1.807) is 0 Å². The van der Waals surface area contributed by atoms with Gasteiger partial charge in [0.1, 0.15) is 7.05 Å². The minimum atomic E-state index is 0.779. The van der Waals surface area contributed by atoms with E-state index in [4.69, 9.17) is 0 Å². The SMILES string of the molecule is Cc1cccc(-c2ccc(C3CC3C)[n+](C)c2)c1. The van der Waals surface area contributed by atoms with Gasteiger partial charge in [0, 0.05) is 17.5 Å². The Hall–Kier alpha value is -1.63. The highest BCUT2D eigenvalue weighted by Gasteiger charge is 2.39. The van der Waals surface area contributed by atoms with Gasteiger partial charge < -0.3 is 0 Å². The second kappa shape index (κ2) is 4.24. The molecule has 1 heteroatoms. The lowest BCUT2D eigenvalue weighted by Gasteiger charge is -2.04. The van der Waals surface area contributed by atoms with Crippen molar-refractivity contribution >= 4 is 0 Å². The lowest BCUT2D eigenvalue weighted by Crippen LogP contribution is -2.33. The van der Waals surface area contributed by atoms with Gasteiger partial charge in [-0.2, -0.15) is 0 Å². The number of aromatic nitrogens is 1. The second-order valence-electron chi connectivity index (χ2n) is 5.64. The number of pyridine rings is 1. The van der Waals surface area contributed by atoms with Crippen LogP contribution in [0.2, 0.25) is 0 Å². The minimum absolute atomic E-state index is 0.779. The van der Waals surface area contributed by atoms with Crippen molar-refractivity contribution in [2.75, 3.05) is 0 Å². The molecule has 18 heavy (non-hydrogen) atoms. The largest absolute Gasteiger partial charge is 0.204 e. The summed E-state index contributed by atoms with van der Waals surface area (Å²) >= 11 is 0. The Morgan fingerprint density at radius 3 is 2.50 bits per heavy atom. The molecule has 2 aromatic rings. The van der Waals surface area contributed by atoms with Gasteiger partial charge in [-0.3, -0.25) is 0 Å². The first-order chi connectivity index (χ1) is 8.65. The molecule has 92 valence electrons. The van der Waals surface area contributed by atoms with E-state index in [0.717, 1.165) is 11.8 Å². The number of aryl methyl sites for hydroxylation is 2. The van der Waals surface area contributed by atoms with Gasteiger partial charge in [0.2, 0.25) is 0 Å². The second-order valence-corrected chi connectivity index (χ2v) is 5.64. The molecule has 0 amide bonds. The highest BCUT2D eigenvalue weighted by Crippen LogP contribution is 2.45. The van der Waals surface area contributed by atoms with E-state index in [1.807, 2.05) is 0 Å². The molecule has 3 rings (SSSR count). The normalized spacial score (nSPS) is 21.9. The molecule has 1 saturated carbocycles. The van der Waals surface area contributed by atoms with Crippen molar-refractivity contribution in [2.24, 2.45) is 13.0 Å². The summed E-state index contributed by atoms with van der Waals surface area (Å²) in [5.41, 5.74) is 5.40. The van der Waals surface area contributed by atoms with E-state index >= 15 is 0 Å². The zero-order valence-electron chi connectivity index (χ0n) is 11.4. The Balaban J connectivity index is 1.97. The molecule has 0 saturated heterocycles. The quantitative estimate of drug-likeness (QED) is 0.704. The van der Waals surface area contributed by atoms with E-state index in [0.29, 0.717) is 0 Å². The Morgan fingerprint density at radius 1 is 1.11 bits per heavy atom. The van der Waals surface area contributed by atoms with E-state index in [1.165, 1.54) is 28.8 Å². The van der Waals surface area contributed by atoms with Crippen molar-refractivity contribution < 1.29 is 4.57 Å². The first-order valence-corrected chi connectivity index (χ1v) is 6.72. The highest BCUT2D eigenvalue weighted by molar-refractivity contribution is 5.62. The molecule has 1 fully saturated rings. The number of benzene rings is 1. The van der Waals surface area contributed by atoms with Crippen LogP contribution in [0.15, 0.2) is 42.6 Å². The fraction of sp³-hybridized carbons (Fsp3) is 0.353. The van der Waals surface area contributed by atoms with Crippen molar-refractivity contribution in [1.82, 2.24) is 0 Å². The van der Waals surface area contributed by atoms with Crippen LogP contribution < -0.4 is 4.57 Å². The summed E-state index contributed by atoms with van der Waals surface area (Å²) in [4.78, 5) is 0. The molecule has 1 nitrogen and oxygen atoms in total. The molecule has 0 aliphatic heterocycles. The Bertz CT molecular complexity index is 586. The van der Waals surface area contributed by atoms with Crippen LogP contribution in [0, 0.1) is 12.8 Å².